The SMILES string of the molecule is CN(CC1CCCCO1)c1cccc(F)c1C#N. The minimum absolute atomic E-state index is 0.107. The lowest BCUT2D eigenvalue weighted by molar-refractivity contribution is 0.0216. The molecule has 0 saturated carbocycles. The van der Waals surface area contributed by atoms with E-state index in [1.165, 1.54) is 12.5 Å². The van der Waals surface area contributed by atoms with E-state index in [0.717, 1.165) is 19.4 Å². The van der Waals surface area contributed by atoms with Gasteiger partial charge in [-0.1, -0.05) is 6.07 Å². The van der Waals surface area contributed by atoms with Crippen LogP contribution >= 0.6 is 0 Å². The molecule has 0 spiro atoms. The summed E-state index contributed by atoms with van der Waals surface area (Å²) in [5.74, 6) is -0.466. The van der Waals surface area contributed by atoms with Crippen molar-refractivity contribution in [2.75, 3.05) is 25.1 Å². The fraction of sp³-hybridized carbons (Fsp3) is 0.500. The molecule has 1 aliphatic heterocycles. The maximum absolute atomic E-state index is 13.5. The van der Waals surface area contributed by atoms with Gasteiger partial charge < -0.3 is 9.64 Å². The molecule has 1 fully saturated rings. The highest BCUT2D eigenvalue weighted by Crippen LogP contribution is 2.23. The van der Waals surface area contributed by atoms with E-state index in [-0.39, 0.29) is 11.7 Å². The van der Waals surface area contributed by atoms with Gasteiger partial charge in [0.1, 0.15) is 17.4 Å². The number of nitrogens with zero attached hydrogens (tertiary/aromatic N) is 2. The van der Waals surface area contributed by atoms with Crippen LogP contribution in [0, 0.1) is 17.1 Å². The van der Waals surface area contributed by atoms with Gasteiger partial charge in [0.25, 0.3) is 0 Å². The van der Waals surface area contributed by atoms with Gasteiger partial charge >= 0.3 is 0 Å². The summed E-state index contributed by atoms with van der Waals surface area (Å²) >= 11 is 0. The summed E-state index contributed by atoms with van der Waals surface area (Å²) in [7, 11) is 1.87. The second kappa shape index (κ2) is 5.83. The van der Waals surface area contributed by atoms with E-state index in [0.29, 0.717) is 12.2 Å². The van der Waals surface area contributed by atoms with Gasteiger partial charge in [-0.05, 0) is 31.4 Å². The van der Waals surface area contributed by atoms with Gasteiger partial charge in [-0.2, -0.15) is 5.26 Å². The molecule has 1 aliphatic rings. The fourth-order valence-corrected chi connectivity index (χ4v) is 2.30. The van der Waals surface area contributed by atoms with Crippen LogP contribution in [0.2, 0.25) is 0 Å². The number of halogens is 1. The smallest absolute Gasteiger partial charge is 0.143 e. The maximum Gasteiger partial charge on any atom is 0.143 e. The fourth-order valence-electron chi connectivity index (χ4n) is 2.30. The molecule has 1 heterocycles. The number of hydrogen-bond acceptors (Lipinski definition) is 3. The molecule has 1 aromatic carbocycles. The van der Waals surface area contributed by atoms with Crippen molar-refractivity contribution in [2.45, 2.75) is 25.4 Å². The number of hydrogen-bond donors (Lipinski definition) is 0. The highest BCUT2D eigenvalue weighted by Gasteiger charge is 2.18. The van der Waals surface area contributed by atoms with Crippen LogP contribution in [-0.2, 0) is 4.74 Å². The third-order valence-electron chi connectivity index (χ3n) is 3.27. The lowest BCUT2D eigenvalue weighted by atomic mass is 10.1. The third kappa shape index (κ3) is 2.80. The average molecular weight is 248 g/mol. The molecular formula is C14H17FN2O. The van der Waals surface area contributed by atoms with Gasteiger partial charge in [0.2, 0.25) is 0 Å². The van der Waals surface area contributed by atoms with Gasteiger partial charge in [-0.15, -0.1) is 0 Å². The number of likely N-dealkylation sites (N-methyl/N-ethyl adjacent to an activating group) is 1. The van der Waals surface area contributed by atoms with Crippen molar-refractivity contribution in [2.24, 2.45) is 0 Å². The lowest BCUT2D eigenvalue weighted by Crippen LogP contribution is -2.33. The molecular weight excluding hydrogens is 231 g/mol. The van der Waals surface area contributed by atoms with Crippen LogP contribution in [0.3, 0.4) is 0 Å². The molecule has 1 aromatic rings. The Balaban J connectivity index is 2.11. The molecule has 1 saturated heterocycles. The summed E-state index contributed by atoms with van der Waals surface area (Å²) < 4.78 is 19.2. The predicted molar refractivity (Wildman–Crippen MR) is 68.0 cm³/mol. The van der Waals surface area contributed by atoms with Crippen LogP contribution in [0.25, 0.3) is 0 Å². The van der Waals surface area contributed by atoms with E-state index in [9.17, 15) is 4.39 Å². The summed E-state index contributed by atoms with van der Waals surface area (Å²) in [5.41, 5.74) is 0.738. The Morgan fingerprint density at radius 1 is 1.50 bits per heavy atom. The van der Waals surface area contributed by atoms with E-state index in [1.54, 1.807) is 12.1 Å². The van der Waals surface area contributed by atoms with E-state index in [4.69, 9.17) is 10.00 Å². The first-order valence-corrected chi connectivity index (χ1v) is 6.23. The number of ether oxygens (including phenoxy) is 1. The molecule has 1 unspecified atom stereocenters. The second-order valence-corrected chi connectivity index (χ2v) is 4.61. The molecule has 3 nitrogen and oxygen atoms in total. The topological polar surface area (TPSA) is 36.3 Å². The van der Waals surface area contributed by atoms with E-state index >= 15 is 0 Å². The summed E-state index contributed by atoms with van der Waals surface area (Å²) in [6.45, 7) is 1.49. The zero-order chi connectivity index (χ0) is 13.0. The average Bonchev–Trinajstić information content (AvgIpc) is 2.39. The van der Waals surface area contributed by atoms with E-state index in [2.05, 4.69) is 0 Å². The molecule has 96 valence electrons. The van der Waals surface area contributed by atoms with Crippen molar-refractivity contribution in [3.8, 4) is 6.07 Å². The second-order valence-electron chi connectivity index (χ2n) is 4.61. The molecule has 0 radical (unpaired) electrons. The monoisotopic (exact) mass is 248 g/mol. The van der Waals surface area contributed by atoms with Crippen LogP contribution in [0.15, 0.2) is 18.2 Å². The standard InChI is InChI=1S/C14H17FN2O/c1-17(10-11-5-2-3-8-18-11)14-7-4-6-13(15)12(14)9-16/h4,6-7,11H,2-3,5,8,10H2,1H3. The molecule has 0 N–H and O–H groups in total. The molecule has 0 bridgehead atoms. The number of anilines is 1. The molecule has 0 amide bonds. The van der Waals surface area contributed by atoms with Crippen LogP contribution in [-0.4, -0.2) is 26.3 Å². The Labute approximate surface area is 107 Å². The Kier molecular flexibility index (Phi) is 4.16. The van der Waals surface area contributed by atoms with Gasteiger partial charge in [0.05, 0.1) is 11.8 Å². The van der Waals surface area contributed by atoms with Gasteiger partial charge in [0.15, 0.2) is 0 Å². The van der Waals surface area contributed by atoms with Gasteiger partial charge in [0, 0.05) is 20.2 Å². The Morgan fingerprint density at radius 3 is 3.00 bits per heavy atom. The van der Waals surface area contributed by atoms with Crippen molar-refractivity contribution >= 4 is 5.69 Å². The summed E-state index contributed by atoms with van der Waals surface area (Å²) in [6.07, 6.45) is 3.50. The highest BCUT2D eigenvalue weighted by molar-refractivity contribution is 5.59. The van der Waals surface area contributed by atoms with Crippen LogP contribution in [0.4, 0.5) is 10.1 Å². The summed E-state index contributed by atoms with van der Waals surface area (Å²) in [5, 5.41) is 9.01. The number of nitriles is 1. The zero-order valence-electron chi connectivity index (χ0n) is 10.5. The van der Waals surface area contributed by atoms with Crippen molar-refractivity contribution < 1.29 is 9.13 Å². The Bertz CT molecular complexity index is 450. The summed E-state index contributed by atoms with van der Waals surface area (Å²) in [6, 6.07) is 6.63. The van der Waals surface area contributed by atoms with Crippen LogP contribution in [0.5, 0.6) is 0 Å². The normalized spacial score (nSPS) is 19.3. The molecule has 2 rings (SSSR count). The lowest BCUT2D eigenvalue weighted by Gasteiger charge is -2.29. The Hall–Kier alpha value is -1.60. The first kappa shape index (κ1) is 12.8. The number of rotatable bonds is 3. The molecule has 1 atom stereocenters. The van der Waals surface area contributed by atoms with Crippen molar-refractivity contribution in [1.29, 1.82) is 5.26 Å². The van der Waals surface area contributed by atoms with Crippen molar-refractivity contribution in [3.63, 3.8) is 0 Å². The van der Waals surface area contributed by atoms with Crippen molar-refractivity contribution in [1.82, 2.24) is 0 Å². The van der Waals surface area contributed by atoms with Crippen LogP contribution in [0.1, 0.15) is 24.8 Å². The predicted octanol–water partition coefficient (Wildman–Crippen LogP) is 2.70. The minimum Gasteiger partial charge on any atom is -0.376 e. The van der Waals surface area contributed by atoms with E-state index < -0.39 is 5.82 Å². The van der Waals surface area contributed by atoms with Crippen LogP contribution < -0.4 is 4.90 Å². The first-order valence-electron chi connectivity index (χ1n) is 6.23. The first-order chi connectivity index (χ1) is 8.72. The third-order valence-corrected chi connectivity index (χ3v) is 3.27. The van der Waals surface area contributed by atoms with Gasteiger partial charge in [-0.3, -0.25) is 0 Å². The summed E-state index contributed by atoms with van der Waals surface area (Å²) in [4.78, 5) is 1.90. The zero-order valence-corrected chi connectivity index (χ0v) is 10.5. The molecule has 4 heteroatoms. The van der Waals surface area contributed by atoms with Crippen molar-refractivity contribution in [3.05, 3.63) is 29.6 Å². The largest absolute Gasteiger partial charge is 0.376 e. The number of benzene rings is 1. The van der Waals surface area contributed by atoms with E-state index in [1.807, 2.05) is 18.0 Å². The van der Waals surface area contributed by atoms with Gasteiger partial charge in [-0.25, -0.2) is 4.39 Å². The highest BCUT2D eigenvalue weighted by atomic mass is 19.1. The minimum atomic E-state index is -0.466. The molecule has 18 heavy (non-hydrogen) atoms. The Morgan fingerprint density at radius 2 is 2.33 bits per heavy atom. The maximum atomic E-state index is 13.5. The molecule has 0 aromatic heterocycles. The quantitative estimate of drug-likeness (QED) is 0.825. The molecule has 0 aliphatic carbocycles.